The van der Waals surface area contributed by atoms with Gasteiger partial charge in [0.05, 0.1) is 0 Å². The zero-order chi connectivity index (χ0) is 12.3. The Morgan fingerprint density at radius 2 is 2.00 bits per heavy atom. The minimum Gasteiger partial charge on any atom is -0.504 e. The van der Waals surface area contributed by atoms with Crippen LogP contribution in [0.1, 0.15) is 38.7 Å². The third-order valence-corrected chi connectivity index (χ3v) is 3.20. The van der Waals surface area contributed by atoms with E-state index in [1.807, 2.05) is 12.3 Å². The van der Waals surface area contributed by atoms with Crippen molar-refractivity contribution in [1.82, 2.24) is 4.98 Å². The molecule has 0 spiro atoms. The molecule has 1 aromatic heterocycles. The largest absolute Gasteiger partial charge is 0.504 e. The van der Waals surface area contributed by atoms with Gasteiger partial charge in [-0.05, 0) is 43.2 Å². The van der Waals surface area contributed by atoms with E-state index in [1.165, 1.54) is 19.3 Å². The minimum absolute atomic E-state index is 0.338. The van der Waals surface area contributed by atoms with E-state index in [4.69, 9.17) is 0 Å². The summed E-state index contributed by atoms with van der Waals surface area (Å²) in [5, 5.41) is 10.1. The quantitative estimate of drug-likeness (QED) is 0.873. The molecule has 1 saturated heterocycles. The second-order valence-electron chi connectivity index (χ2n) is 5.33. The molecule has 0 saturated carbocycles. The number of nitrogens with zero attached hydrogens (tertiary/aromatic N) is 2. The highest BCUT2D eigenvalue weighted by Crippen LogP contribution is 2.28. The monoisotopic (exact) mass is 234 g/mol. The summed E-state index contributed by atoms with van der Waals surface area (Å²) in [5.41, 5.74) is 1.12. The zero-order valence-corrected chi connectivity index (χ0v) is 10.8. The van der Waals surface area contributed by atoms with E-state index in [0.29, 0.717) is 11.7 Å². The molecule has 3 nitrogen and oxygen atoms in total. The Morgan fingerprint density at radius 1 is 1.29 bits per heavy atom. The number of rotatable bonds is 3. The fourth-order valence-electron chi connectivity index (χ4n) is 2.42. The van der Waals surface area contributed by atoms with E-state index in [0.717, 1.165) is 30.9 Å². The summed E-state index contributed by atoms with van der Waals surface area (Å²) in [6.07, 6.45) is 6.58. The van der Waals surface area contributed by atoms with Gasteiger partial charge in [0.25, 0.3) is 0 Å². The molecule has 0 bridgehead atoms. The maximum absolute atomic E-state index is 10.1. The van der Waals surface area contributed by atoms with Gasteiger partial charge in [0.2, 0.25) is 0 Å². The molecule has 0 atom stereocenters. The second-order valence-corrected chi connectivity index (χ2v) is 5.33. The Balaban J connectivity index is 2.13. The summed E-state index contributed by atoms with van der Waals surface area (Å²) >= 11 is 0. The van der Waals surface area contributed by atoms with Gasteiger partial charge in [-0.1, -0.05) is 13.8 Å². The lowest BCUT2D eigenvalue weighted by Gasteiger charge is -2.28. The van der Waals surface area contributed by atoms with Gasteiger partial charge < -0.3 is 10.0 Å². The van der Waals surface area contributed by atoms with Crippen molar-refractivity contribution >= 4 is 5.82 Å². The molecular weight excluding hydrogens is 212 g/mol. The Morgan fingerprint density at radius 3 is 2.59 bits per heavy atom. The first-order valence-electron chi connectivity index (χ1n) is 6.59. The lowest BCUT2D eigenvalue weighted by molar-refractivity contribution is 0.464. The van der Waals surface area contributed by atoms with Crippen LogP contribution in [0.2, 0.25) is 0 Å². The lowest BCUT2D eigenvalue weighted by Crippen LogP contribution is -2.30. The number of aromatic nitrogens is 1. The molecule has 1 aliphatic heterocycles. The van der Waals surface area contributed by atoms with Crippen LogP contribution in [0.3, 0.4) is 0 Å². The SMILES string of the molecule is CC(C)Cc1cnc(N2CCCCC2)c(O)c1. The van der Waals surface area contributed by atoms with Crippen LogP contribution in [0.15, 0.2) is 12.3 Å². The summed E-state index contributed by atoms with van der Waals surface area (Å²) in [4.78, 5) is 6.62. The molecule has 0 aliphatic carbocycles. The fraction of sp³-hybridized carbons (Fsp3) is 0.643. The first-order valence-corrected chi connectivity index (χ1v) is 6.59. The third-order valence-electron chi connectivity index (χ3n) is 3.20. The van der Waals surface area contributed by atoms with E-state index in [2.05, 4.69) is 23.7 Å². The number of pyridine rings is 1. The van der Waals surface area contributed by atoms with Crippen molar-refractivity contribution < 1.29 is 5.11 Å². The van der Waals surface area contributed by atoms with Crippen LogP contribution in [0.5, 0.6) is 5.75 Å². The topological polar surface area (TPSA) is 36.4 Å². The molecule has 0 aromatic carbocycles. The van der Waals surface area contributed by atoms with E-state index in [1.54, 1.807) is 0 Å². The van der Waals surface area contributed by atoms with Crippen molar-refractivity contribution in [2.45, 2.75) is 39.5 Å². The fourth-order valence-corrected chi connectivity index (χ4v) is 2.42. The van der Waals surface area contributed by atoms with Gasteiger partial charge in [-0.25, -0.2) is 4.98 Å². The van der Waals surface area contributed by atoms with Gasteiger partial charge in [-0.2, -0.15) is 0 Å². The zero-order valence-electron chi connectivity index (χ0n) is 10.8. The highest BCUT2D eigenvalue weighted by atomic mass is 16.3. The molecule has 0 unspecified atom stereocenters. The van der Waals surface area contributed by atoms with E-state index in [9.17, 15) is 5.11 Å². The first kappa shape index (κ1) is 12.2. The summed E-state index contributed by atoms with van der Waals surface area (Å²) in [5.74, 6) is 1.69. The molecule has 1 fully saturated rings. The van der Waals surface area contributed by atoms with Gasteiger partial charge in [0, 0.05) is 19.3 Å². The Kier molecular flexibility index (Phi) is 3.87. The molecule has 1 N–H and O–H groups in total. The average Bonchev–Trinajstić information content (AvgIpc) is 2.29. The highest BCUT2D eigenvalue weighted by Gasteiger charge is 2.16. The van der Waals surface area contributed by atoms with Crippen molar-refractivity contribution in [1.29, 1.82) is 0 Å². The van der Waals surface area contributed by atoms with Crippen LogP contribution in [-0.4, -0.2) is 23.2 Å². The highest BCUT2D eigenvalue weighted by molar-refractivity contribution is 5.52. The van der Waals surface area contributed by atoms with Crippen LogP contribution in [-0.2, 0) is 6.42 Å². The summed E-state index contributed by atoms with van der Waals surface area (Å²) < 4.78 is 0. The van der Waals surface area contributed by atoms with Crippen LogP contribution in [0.4, 0.5) is 5.82 Å². The molecule has 0 radical (unpaired) electrons. The Hall–Kier alpha value is -1.25. The van der Waals surface area contributed by atoms with Gasteiger partial charge in [-0.15, -0.1) is 0 Å². The minimum atomic E-state index is 0.338. The predicted octanol–water partition coefficient (Wildman–Crippen LogP) is 2.98. The number of aromatic hydroxyl groups is 1. The van der Waals surface area contributed by atoms with Crippen LogP contribution in [0, 0.1) is 5.92 Å². The second kappa shape index (κ2) is 5.39. The van der Waals surface area contributed by atoms with Gasteiger partial charge in [0.1, 0.15) is 0 Å². The summed E-state index contributed by atoms with van der Waals surface area (Å²) in [6.45, 7) is 6.39. The van der Waals surface area contributed by atoms with E-state index < -0.39 is 0 Å². The van der Waals surface area contributed by atoms with E-state index >= 15 is 0 Å². The molecular formula is C14H22N2O. The van der Waals surface area contributed by atoms with Crippen molar-refractivity contribution in [2.75, 3.05) is 18.0 Å². The van der Waals surface area contributed by atoms with Crippen LogP contribution in [0.25, 0.3) is 0 Å². The normalized spacial score (nSPS) is 16.5. The van der Waals surface area contributed by atoms with Gasteiger partial charge >= 0.3 is 0 Å². The smallest absolute Gasteiger partial charge is 0.171 e. The predicted molar refractivity (Wildman–Crippen MR) is 70.5 cm³/mol. The molecule has 1 aliphatic rings. The Labute approximate surface area is 103 Å². The van der Waals surface area contributed by atoms with Crippen LogP contribution >= 0.6 is 0 Å². The van der Waals surface area contributed by atoms with Gasteiger partial charge in [-0.3, -0.25) is 0 Å². The molecule has 17 heavy (non-hydrogen) atoms. The first-order chi connectivity index (χ1) is 8.16. The van der Waals surface area contributed by atoms with Crippen molar-refractivity contribution in [3.05, 3.63) is 17.8 Å². The maximum Gasteiger partial charge on any atom is 0.171 e. The van der Waals surface area contributed by atoms with E-state index in [-0.39, 0.29) is 0 Å². The number of anilines is 1. The molecule has 2 rings (SSSR count). The lowest BCUT2D eigenvalue weighted by atomic mass is 10.0. The van der Waals surface area contributed by atoms with Crippen molar-refractivity contribution in [2.24, 2.45) is 5.92 Å². The maximum atomic E-state index is 10.1. The molecule has 2 heterocycles. The number of hydrogen-bond acceptors (Lipinski definition) is 3. The molecule has 1 aromatic rings. The summed E-state index contributed by atoms with van der Waals surface area (Å²) in [7, 11) is 0. The van der Waals surface area contributed by atoms with Crippen molar-refractivity contribution in [3.63, 3.8) is 0 Å². The molecule has 94 valence electrons. The third kappa shape index (κ3) is 3.11. The summed E-state index contributed by atoms with van der Waals surface area (Å²) in [6, 6.07) is 1.87. The standard InChI is InChI=1S/C14H22N2O/c1-11(2)8-12-9-13(17)14(15-10-12)16-6-4-3-5-7-16/h9-11,17H,3-8H2,1-2H3. The van der Waals surface area contributed by atoms with Crippen molar-refractivity contribution in [3.8, 4) is 5.75 Å². The van der Waals surface area contributed by atoms with Crippen LogP contribution < -0.4 is 4.90 Å². The number of hydrogen-bond donors (Lipinski definition) is 1. The number of piperidine rings is 1. The molecule has 3 heteroatoms. The average molecular weight is 234 g/mol. The molecule has 0 amide bonds. The van der Waals surface area contributed by atoms with Gasteiger partial charge in [0.15, 0.2) is 11.6 Å². The Bertz CT molecular complexity index is 370.